The first-order valence-corrected chi connectivity index (χ1v) is 7.86. The van der Waals surface area contributed by atoms with Crippen molar-refractivity contribution in [2.75, 3.05) is 12.3 Å². The van der Waals surface area contributed by atoms with Gasteiger partial charge >= 0.3 is 5.69 Å². The van der Waals surface area contributed by atoms with Gasteiger partial charge in [-0.1, -0.05) is 0 Å². The van der Waals surface area contributed by atoms with Crippen LogP contribution < -0.4 is 11.4 Å². The van der Waals surface area contributed by atoms with Crippen molar-refractivity contribution in [2.24, 2.45) is 0 Å². The van der Waals surface area contributed by atoms with Crippen LogP contribution in [0.3, 0.4) is 0 Å². The number of anilines is 1. The van der Waals surface area contributed by atoms with Gasteiger partial charge in [-0.3, -0.25) is 4.57 Å². The Morgan fingerprint density at radius 3 is 3.05 bits per heavy atom. The molecule has 2 heterocycles. The minimum absolute atomic E-state index is 0.128. The standard InChI is InChI=1S/C8H13N4O5PS/c9-7-10-3-12(8(14)11-7)6-1-4(17-18(15)19)5(2-13)16-6/h3-6,13,18H,1-2H2,(H,15,19)(H2,9,11,14)/t4-,5-,6-/m1/s1. The van der Waals surface area contributed by atoms with Crippen LogP contribution >= 0.6 is 7.15 Å². The highest BCUT2D eigenvalue weighted by Crippen LogP contribution is 2.34. The Balaban J connectivity index is 2.19. The van der Waals surface area contributed by atoms with Gasteiger partial charge < -0.3 is 25.0 Å². The number of nitrogens with two attached hydrogens (primary N) is 1. The SMILES string of the molecule is Nc1ncn([C@H]2C[C@@H](O[PH](O)=S)[C@@H](CO)O2)c(=O)n1. The molecule has 0 amide bonds. The molecule has 0 saturated carbocycles. The number of nitrogen functional groups attached to an aromatic ring is 1. The summed E-state index contributed by atoms with van der Waals surface area (Å²) in [6.07, 6.45) is -0.457. The van der Waals surface area contributed by atoms with Gasteiger partial charge in [0.05, 0.1) is 12.7 Å². The minimum Gasteiger partial charge on any atom is -0.394 e. The third kappa shape index (κ3) is 3.35. The molecule has 1 aliphatic rings. The van der Waals surface area contributed by atoms with Gasteiger partial charge in [-0.2, -0.15) is 4.98 Å². The lowest BCUT2D eigenvalue weighted by molar-refractivity contribution is -0.0417. The Hall–Kier alpha value is -0.900. The maximum Gasteiger partial charge on any atom is 0.354 e. The van der Waals surface area contributed by atoms with E-state index in [-0.39, 0.29) is 19.0 Å². The minimum atomic E-state index is -2.33. The highest BCUT2D eigenvalue weighted by atomic mass is 32.4. The summed E-state index contributed by atoms with van der Waals surface area (Å²) < 4.78 is 11.7. The number of hydrogen-bond acceptors (Lipinski definition) is 8. The first-order chi connectivity index (χ1) is 9.01. The Labute approximate surface area is 113 Å². The monoisotopic (exact) mass is 308 g/mol. The number of hydrogen-bond donors (Lipinski definition) is 3. The molecule has 1 saturated heterocycles. The maximum atomic E-state index is 11.6. The van der Waals surface area contributed by atoms with E-state index in [0.717, 1.165) is 4.57 Å². The van der Waals surface area contributed by atoms with Gasteiger partial charge in [0.15, 0.2) is 7.15 Å². The first kappa shape index (κ1) is 14.5. The van der Waals surface area contributed by atoms with Crippen molar-refractivity contribution in [3.63, 3.8) is 0 Å². The molecule has 4 N–H and O–H groups in total. The first-order valence-electron chi connectivity index (χ1n) is 5.38. The molecule has 1 aromatic rings. The molecule has 0 radical (unpaired) electrons. The fourth-order valence-electron chi connectivity index (χ4n) is 1.84. The fourth-order valence-corrected chi connectivity index (χ4v) is 2.72. The third-order valence-electron chi connectivity index (χ3n) is 2.67. The molecule has 1 aromatic heterocycles. The summed E-state index contributed by atoms with van der Waals surface area (Å²) in [6.45, 7) is -0.309. The molecule has 1 unspecified atom stereocenters. The van der Waals surface area contributed by atoms with Crippen LogP contribution in [0.2, 0.25) is 0 Å². The van der Waals surface area contributed by atoms with E-state index < -0.39 is 31.3 Å². The van der Waals surface area contributed by atoms with E-state index in [4.69, 9.17) is 19.9 Å². The number of nitrogens with zero attached hydrogens (tertiary/aromatic N) is 3. The van der Waals surface area contributed by atoms with Crippen molar-refractivity contribution in [1.82, 2.24) is 14.5 Å². The predicted octanol–water partition coefficient (Wildman–Crippen LogP) is -1.62. The van der Waals surface area contributed by atoms with Crippen molar-refractivity contribution in [2.45, 2.75) is 24.9 Å². The van der Waals surface area contributed by atoms with Crippen LogP contribution in [0.15, 0.2) is 11.1 Å². The van der Waals surface area contributed by atoms with Gasteiger partial charge in [0.25, 0.3) is 0 Å². The predicted molar refractivity (Wildman–Crippen MR) is 69.1 cm³/mol. The second-order valence-corrected chi connectivity index (χ2v) is 5.69. The number of ether oxygens (including phenoxy) is 1. The average molecular weight is 308 g/mol. The highest BCUT2D eigenvalue weighted by Gasteiger charge is 2.37. The lowest BCUT2D eigenvalue weighted by Crippen LogP contribution is -2.28. The van der Waals surface area contributed by atoms with Crippen LogP contribution in [0.25, 0.3) is 0 Å². The topological polar surface area (TPSA) is 133 Å². The fraction of sp³-hybridized carbons (Fsp3) is 0.625. The Morgan fingerprint density at radius 1 is 1.74 bits per heavy atom. The van der Waals surface area contributed by atoms with Crippen LogP contribution in [-0.4, -0.2) is 43.3 Å². The Morgan fingerprint density at radius 2 is 2.47 bits per heavy atom. The molecular formula is C8H13N4O5PS. The number of aliphatic hydroxyl groups is 1. The van der Waals surface area contributed by atoms with E-state index in [2.05, 4.69) is 21.8 Å². The summed E-state index contributed by atoms with van der Waals surface area (Å²) in [7, 11) is -2.33. The van der Waals surface area contributed by atoms with Crippen molar-refractivity contribution in [1.29, 1.82) is 0 Å². The van der Waals surface area contributed by atoms with Crippen molar-refractivity contribution < 1.29 is 19.3 Å². The van der Waals surface area contributed by atoms with E-state index in [0.29, 0.717) is 0 Å². The molecule has 1 aliphatic heterocycles. The van der Waals surface area contributed by atoms with Gasteiger partial charge in [0, 0.05) is 6.42 Å². The molecule has 4 atom stereocenters. The van der Waals surface area contributed by atoms with Crippen LogP contribution in [0.1, 0.15) is 12.6 Å². The summed E-state index contributed by atoms with van der Waals surface area (Å²) in [4.78, 5) is 27.9. The van der Waals surface area contributed by atoms with E-state index in [1.54, 1.807) is 0 Å². The zero-order valence-electron chi connectivity index (χ0n) is 9.67. The van der Waals surface area contributed by atoms with Crippen molar-refractivity contribution in [3.05, 3.63) is 16.8 Å². The van der Waals surface area contributed by atoms with E-state index in [1.807, 2.05) is 0 Å². The number of aromatic nitrogens is 3. The van der Waals surface area contributed by atoms with Crippen LogP contribution in [0.5, 0.6) is 0 Å². The molecule has 0 aliphatic carbocycles. The van der Waals surface area contributed by atoms with Gasteiger partial charge in [0.2, 0.25) is 5.95 Å². The normalized spacial score (nSPS) is 28.4. The van der Waals surface area contributed by atoms with Crippen molar-refractivity contribution in [3.8, 4) is 0 Å². The molecule has 9 nitrogen and oxygen atoms in total. The number of rotatable bonds is 4. The maximum absolute atomic E-state index is 11.6. The highest BCUT2D eigenvalue weighted by molar-refractivity contribution is 8.00. The molecule has 0 aromatic carbocycles. The molecular weight excluding hydrogens is 295 g/mol. The molecule has 11 heteroatoms. The average Bonchev–Trinajstić information content (AvgIpc) is 2.71. The second kappa shape index (κ2) is 6.04. The molecule has 19 heavy (non-hydrogen) atoms. The second-order valence-electron chi connectivity index (χ2n) is 3.87. The molecule has 1 fully saturated rings. The van der Waals surface area contributed by atoms with Crippen LogP contribution in [-0.2, 0) is 21.1 Å². The smallest absolute Gasteiger partial charge is 0.354 e. The van der Waals surface area contributed by atoms with Gasteiger partial charge in [-0.15, -0.1) is 0 Å². The third-order valence-corrected chi connectivity index (χ3v) is 3.46. The summed E-state index contributed by atoms with van der Waals surface area (Å²) in [5, 5.41) is 9.18. The summed E-state index contributed by atoms with van der Waals surface area (Å²) in [6, 6.07) is 0. The van der Waals surface area contributed by atoms with Crippen LogP contribution in [0, 0.1) is 0 Å². The molecule has 0 bridgehead atoms. The van der Waals surface area contributed by atoms with Crippen molar-refractivity contribution >= 4 is 24.9 Å². The summed E-state index contributed by atoms with van der Waals surface area (Å²) >= 11 is 4.60. The quantitative estimate of drug-likeness (QED) is 0.561. The van der Waals surface area contributed by atoms with Gasteiger partial charge in [-0.05, 0) is 11.8 Å². The number of aliphatic hydroxyl groups excluding tert-OH is 1. The lowest BCUT2D eigenvalue weighted by Gasteiger charge is -2.15. The van der Waals surface area contributed by atoms with E-state index in [1.165, 1.54) is 6.33 Å². The molecule has 2 rings (SSSR count). The lowest BCUT2D eigenvalue weighted by atomic mass is 10.2. The Kier molecular flexibility index (Phi) is 4.61. The zero-order chi connectivity index (χ0) is 14.0. The molecule has 106 valence electrons. The van der Waals surface area contributed by atoms with E-state index in [9.17, 15) is 9.90 Å². The van der Waals surface area contributed by atoms with Gasteiger partial charge in [-0.25, -0.2) is 9.78 Å². The zero-order valence-corrected chi connectivity index (χ0v) is 11.5. The molecule has 0 spiro atoms. The van der Waals surface area contributed by atoms with E-state index >= 15 is 0 Å². The van der Waals surface area contributed by atoms with Gasteiger partial charge in [0.1, 0.15) is 18.7 Å². The largest absolute Gasteiger partial charge is 0.394 e. The van der Waals surface area contributed by atoms with Crippen LogP contribution in [0.4, 0.5) is 5.95 Å². The summed E-state index contributed by atoms with van der Waals surface area (Å²) in [5.41, 5.74) is 4.68. The summed E-state index contributed by atoms with van der Waals surface area (Å²) in [5.74, 6) is -0.128. The Bertz CT molecular complexity index is 540.